The van der Waals surface area contributed by atoms with Crippen LogP contribution in [0.3, 0.4) is 0 Å². The van der Waals surface area contributed by atoms with Crippen molar-refractivity contribution in [3.63, 3.8) is 0 Å². The minimum absolute atomic E-state index is 0. The van der Waals surface area contributed by atoms with Gasteiger partial charge < -0.3 is 22.3 Å². The Bertz CT molecular complexity index is 379. The summed E-state index contributed by atoms with van der Waals surface area (Å²) in [5.74, 6) is 0.453. The van der Waals surface area contributed by atoms with Crippen LogP contribution in [0.15, 0.2) is 4.21 Å². The molecule has 2 rings (SSSR count). The number of halogens is 1. The van der Waals surface area contributed by atoms with Gasteiger partial charge in [-0.1, -0.05) is 10.3 Å². The van der Waals surface area contributed by atoms with Crippen molar-refractivity contribution in [3.8, 4) is 5.75 Å². The highest BCUT2D eigenvalue weighted by Crippen LogP contribution is 2.30. The van der Waals surface area contributed by atoms with E-state index in [-0.39, 0.29) is 12.4 Å². The lowest BCUT2D eigenvalue weighted by Crippen LogP contribution is -3.00. The molecule has 7 heteroatoms. The number of morpholine rings is 1. The quantitative estimate of drug-likeness (QED) is 0.370. The van der Waals surface area contributed by atoms with Gasteiger partial charge in [-0.15, -0.1) is 11.8 Å². The maximum absolute atomic E-state index is 9.90. The fourth-order valence-corrected chi connectivity index (χ4v) is 5.01. The Hall–Kier alpha value is 0.250. The summed E-state index contributed by atoms with van der Waals surface area (Å²) in [5.41, 5.74) is 0. The normalized spacial score (nSPS) is 16.2. The third kappa shape index (κ3) is 2.88. The van der Waals surface area contributed by atoms with E-state index in [1.54, 1.807) is 32.4 Å². The van der Waals surface area contributed by atoms with E-state index in [1.165, 1.54) is 0 Å². The van der Waals surface area contributed by atoms with Crippen LogP contribution in [0.25, 0.3) is 0 Å². The van der Waals surface area contributed by atoms with E-state index in [1.807, 2.05) is 6.26 Å². The van der Waals surface area contributed by atoms with Gasteiger partial charge in [0.25, 0.3) is 0 Å². The first kappa shape index (κ1) is 13.3. The Balaban J connectivity index is 0.00000112. The average Bonchev–Trinajstić information content (AvgIpc) is 2.61. The lowest BCUT2D eigenvalue weighted by molar-refractivity contribution is -0.00000478. The summed E-state index contributed by atoms with van der Waals surface area (Å²) in [5, 5.41) is 9.90. The molecule has 0 atom stereocenters. The minimum atomic E-state index is 0. The zero-order chi connectivity index (χ0) is 9.97. The highest BCUT2D eigenvalue weighted by Gasteiger charge is 2.18. The van der Waals surface area contributed by atoms with E-state index >= 15 is 0 Å². The molecule has 0 bridgehead atoms. The number of hydrogen-bond donors (Lipinski definition) is 1. The highest BCUT2D eigenvalue weighted by atomic mass is 35.5. The van der Waals surface area contributed by atoms with Crippen molar-refractivity contribution in [2.75, 3.05) is 32.6 Å². The van der Waals surface area contributed by atoms with Crippen LogP contribution >= 0.6 is 32.4 Å². The van der Waals surface area contributed by atoms with E-state index in [2.05, 4.69) is 4.58 Å². The van der Waals surface area contributed by atoms with Crippen molar-refractivity contribution in [1.29, 1.82) is 0 Å². The van der Waals surface area contributed by atoms with Crippen LogP contribution in [0, 0.1) is 0 Å². The SMILES string of the molecule is CSc1ssc(=[N+]2CCOCC2)c1O.[Cl-]. The fraction of sp³-hybridized carbons (Fsp3) is 0.625. The van der Waals surface area contributed by atoms with Gasteiger partial charge in [0.1, 0.15) is 17.4 Å². The molecule has 1 saturated heterocycles. The van der Waals surface area contributed by atoms with Gasteiger partial charge in [0.05, 0.1) is 0 Å². The molecule has 0 saturated carbocycles. The lowest BCUT2D eigenvalue weighted by atomic mass is 10.5. The largest absolute Gasteiger partial charge is 1.00 e. The Morgan fingerprint density at radius 2 is 2.00 bits per heavy atom. The summed E-state index contributed by atoms with van der Waals surface area (Å²) in [7, 11) is 3.29. The monoisotopic (exact) mass is 285 g/mol. The van der Waals surface area contributed by atoms with Crippen LogP contribution in [0.4, 0.5) is 0 Å². The molecule has 0 unspecified atom stereocenters. The first-order valence-electron chi connectivity index (χ1n) is 4.34. The fourth-order valence-electron chi connectivity index (χ4n) is 1.34. The predicted molar refractivity (Wildman–Crippen MR) is 61.5 cm³/mol. The Kier molecular flexibility index (Phi) is 5.42. The van der Waals surface area contributed by atoms with Gasteiger partial charge in [0.15, 0.2) is 13.1 Å². The number of thioether (sulfide) groups is 1. The smallest absolute Gasteiger partial charge is 0.310 e. The molecular formula is C8H12ClNO2S3. The molecule has 1 aliphatic rings. The van der Waals surface area contributed by atoms with Gasteiger partial charge in [0.2, 0.25) is 5.75 Å². The Morgan fingerprint density at radius 3 is 2.53 bits per heavy atom. The topological polar surface area (TPSA) is 32.5 Å². The number of hydrogen-bond acceptors (Lipinski definition) is 5. The summed E-state index contributed by atoms with van der Waals surface area (Å²) in [6.45, 7) is 3.29. The van der Waals surface area contributed by atoms with Crippen molar-refractivity contribution < 1.29 is 22.3 Å². The van der Waals surface area contributed by atoms with E-state index in [9.17, 15) is 5.11 Å². The van der Waals surface area contributed by atoms with Crippen molar-refractivity contribution in [3.05, 3.63) is 4.67 Å². The molecule has 1 aliphatic heterocycles. The molecule has 1 fully saturated rings. The third-order valence-corrected chi connectivity index (χ3v) is 5.97. The molecule has 86 valence electrons. The molecule has 0 spiro atoms. The minimum Gasteiger partial charge on any atom is -1.00 e. The summed E-state index contributed by atoms with van der Waals surface area (Å²) >= 11 is 1.60. The van der Waals surface area contributed by atoms with Gasteiger partial charge in [-0.05, 0) is 16.6 Å². The molecule has 3 nitrogen and oxygen atoms in total. The van der Waals surface area contributed by atoms with Gasteiger partial charge >= 0.3 is 4.67 Å². The molecule has 2 heterocycles. The van der Waals surface area contributed by atoms with Crippen molar-refractivity contribution >= 4 is 32.4 Å². The number of aromatic hydroxyl groups is 1. The molecule has 0 amide bonds. The Labute approximate surface area is 106 Å². The van der Waals surface area contributed by atoms with Crippen LogP contribution < -0.4 is 21.7 Å². The highest BCUT2D eigenvalue weighted by molar-refractivity contribution is 8.02. The first-order chi connectivity index (χ1) is 6.83. The summed E-state index contributed by atoms with van der Waals surface area (Å²) in [6, 6.07) is 0. The van der Waals surface area contributed by atoms with Crippen molar-refractivity contribution in [2.45, 2.75) is 4.21 Å². The maximum Gasteiger partial charge on any atom is 0.310 e. The second-order valence-electron chi connectivity index (χ2n) is 2.91. The number of rotatable bonds is 1. The van der Waals surface area contributed by atoms with Crippen LogP contribution in [0.1, 0.15) is 0 Å². The lowest BCUT2D eigenvalue weighted by Gasteiger charge is -2.09. The van der Waals surface area contributed by atoms with Crippen LogP contribution in [-0.4, -0.2) is 37.7 Å². The predicted octanol–water partition coefficient (Wildman–Crippen LogP) is -1.96. The first-order valence-corrected chi connectivity index (χ1v) is 7.72. The molecule has 1 N–H and O–H groups in total. The van der Waals surface area contributed by atoms with Crippen LogP contribution in [0.5, 0.6) is 5.75 Å². The van der Waals surface area contributed by atoms with Gasteiger partial charge in [-0.3, -0.25) is 0 Å². The van der Waals surface area contributed by atoms with E-state index in [0.717, 1.165) is 35.2 Å². The zero-order valence-corrected chi connectivity index (χ0v) is 11.4. The standard InChI is InChI=1S/C8H11NO2S3.ClH/c1-12-8-6(10)7(13-14-8)9-2-4-11-5-3-9;/h2-5H2,1H3;1H. The molecule has 0 aromatic carbocycles. The molecule has 15 heavy (non-hydrogen) atoms. The average molecular weight is 286 g/mol. The molecular weight excluding hydrogens is 274 g/mol. The second-order valence-corrected chi connectivity index (χ2v) is 6.11. The van der Waals surface area contributed by atoms with Gasteiger partial charge in [0, 0.05) is 0 Å². The van der Waals surface area contributed by atoms with Gasteiger partial charge in [-0.2, -0.15) is 0 Å². The Morgan fingerprint density at radius 1 is 1.33 bits per heavy atom. The van der Waals surface area contributed by atoms with E-state index < -0.39 is 0 Å². The van der Waals surface area contributed by atoms with Crippen LogP contribution in [0.2, 0.25) is 0 Å². The van der Waals surface area contributed by atoms with Crippen molar-refractivity contribution in [2.24, 2.45) is 0 Å². The van der Waals surface area contributed by atoms with E-state index in [4.69, 9.17) is 4.74 Å². The molecule has 1 aromatic heterocycles. The molecule has 0 radical (unpaired) electrons. The van der Waals surface area contributed by atoms with Crippen molar-refractivity contribution in [1.82, 2.24) is 4.58 Å². The summed E-state index contributed by atoms with van der Waals surface area (Å²) < 4.78 is 9.48. The molecule has 0 aliphatic carbocycles. The summed E-state index contributed by atoms with van der Waals surface area (Å²) in [6.07, 6.45) is 1.99. The number of nitrogens with zero attached hydrogens (tertiary/aromatic N) is 1. The van der Waals surface area contributed by atoms with Gasteiger partial charge in [-0.25, -0.2) is 4.58 Å². The zero-order valence-electron chi connectivity index (χ0n) is 8.23. The van der Waals surface area contributed by atoms with E-state index in [0.29, 0.717) is 5.75 Å². The molecule has 1 aromatic rings. The number of ether oxygens (including phenoxy) is 1. The maximum atomic E-state index is 9.90. The third-order valence-electron chi connectivity index (χ3n) is 2.08. The van der Waals surface area contributed by atoms with Crippen LogP contribution in [-0.2, 0) is 4.74 Å². The summed E-state index contributed by atoms with van der Waals surface area (Å²) in [4.78, 5) is 0. The second kappa shape index (κ2) is 6.10.